The van der Waals surface area contributed by atoms with Crippen LogP contribution in [0.1, 0.15) is 6.42 Å². The van der Waals surface area contributed by atoms with Crippen molar-refractivity contribution in [1.29, 1.82) is 0 Å². The van der Waals surface area contributed by atoms with Gasteiger partial charge in [-0.05, 0) is 59.4 Å². The Kier molecular flexibility index (Phi) is 3.99. The predicted octanol–water partition coefficient (Wildman–Crippen LogP) is 3.34. The molecule has 0 atom stereocenters. The van der Waals surface area contributed by atoms with Gasteiger partial charge in [0, 0.05) is 23.8 Å². The number of imidazole rings is 1. The van der Waals surface area contributed by atoms with Crippen LogP contribution in [0.25, 0.3) is 11.0 Å². The van der Waals surface area contributed by atoms with Gasteiger partial charge in [0.05, 0.1) is 11.0 Å². The maximum atomic E-state index is 5.31. The number of aromatic amines is 1. The number of benzene rings is 1. The molecule has 0 radical (unpaired) electrons. The van der Waals surface area contributed by atoms with E-state index in [0.29, 0.717) is 0 Å². The predicted molar refractivity (Wildman–Crippen MR) is 76.3 cm³/mol. The number of nitrogens with zero attached hydrogens (tertiary/aromatic N) is 1. The molecule has 0 bridgehead atoms. The summed E-state index contributed by atoms with van der Waals surface area (Å²) in [6, 6.07) is 6.31. The molecular weight excluding hydrogens is 335 g/mol. The summed E-state index contributed by atoms with van der Waals surface area (Å²) in [5, 5.41) is 0. The zero-order valence-corrected chi connectivity index (χ0v) is 12.0. The average Bonchev–Trinajstić information content (AvgIpc) is 2.55. The van der Waals surface area contributed by atoms with Crippen LogP contribution in [-0.2, 0) is 11.3 Å². The Hall–Kier alpha value is -0.400. The van der Waals surface area contributed by atoms with E-state index < -0.39 is 0 Å². The molecule has 0 spiro atoms. The number of ether oxygens (including phenoxy) is 1. The summed E-state index contributed by atoms with van der Waals surface area (Å²) in [6.07, 6.45) is 0.976. The van der Waals surface area contributed by atoms with Gasteiger partial charge in [0.1, 0.15) is 0 Å². The number of nitrogens with one attached hydrogen (secondary N) is 1. The maximum Gasteiger partial charge on any atom is 0.178 e. The highest BCUT2D eigenvalue weighted by atomic mass is 127. The maximum absolute atomic E-state index is 5.31. The molecule has 0 aliphatic heterocycles. The minimum atomic E-state index is 0.763. The molecule has 0 saturated heterocycles. The average molecular weight is 348 g/mol. The first kappa shape index (κ1) is 12.1. The minimum Gasteiger partial charge on any atom is -0.385 e. The SMILES string of the molecule is COCCCn1c(=S)[nH]c2cc(I)ccc21. The normalized spacial score (nSPS) is 11.1. The third-order valence-electron chi connectivity index (χ3n) is 2.47. The number of aryl methyl sites for hydroxylation is 1. The van der Waals surface area contributed by atoms with E-state index in [0.717, 1.165) is 29.9 Å². The highest BCUT2D eigenvalue weighted by Crippen LogP contribution is 2.17. The zero-order chi connectivity index (χ0) is 11.5. The van der Waals surface area contributed by atoms with Gasteiger partial charge in [-0.1, -0.05) is 0 Å². The summed E-state index contributed by atoms with van der Waals surface area (Å²) in [5.41, 5.74) is 2.27. The number of halogens is 1. The fraction of sp³-hybridized carbons (Fsp3) is 0.364. The Labute approximate surface area is 113 Å². The molecule has 1 N–H and O–H groups in total. The van der Waals surface area contributed by atoms with Crippen molar-refractivity contribution in [3.63, 3.8) is 0 Å². The van der Waals surface area contributed by atoms with Gasteiger partial charge < -0.3 is 14.3 Å². The van der Waals surface area contributed by atoms with Crippen molar-refractivity contribution >= 4 is 45.8 Å². The summed E-state index contributed by atoms with van der Waals surface area (Å²) in [7, 11) is 1.72. The van der Waals surface area contributed by atoms with E-state index in [1.807, 2.05) is 0 Å². The van der Waals surface area contributed by atoms with E-state index in [2.05, 4.69) is 50.3 Å². The second kappa shape index (κ2) is 5.29. The number of methoxy groups -OCH3 is 1. The van der Waals surface area contributed by atoms with Crippen LogP contribution in [0.4, 0.5) is 0 Å². The van der Waals surface area contributed by atoms with Crippen molar-refractivity contribution in [3.05, 3.63) is 26.5 Å². The molecule has 2 aromatic rings. The van der Waals surface area contributed by atoms with Crippen LogP contribution in [0.15, 0.2) is 18.2 Å². The summed E-state index contributed by atoms with van der Waals surface area (Å²) < 4.78 is 9.18. The molecule has 1 aromatic heterocycles. The van der Waals surface area contributed by atoms with Crippen LogP contribution in [0.3, 0.4) is 0 Å². The summed E-state index contributed by atoms with van der Waals surface area (Å²) in [4.78, 5) is 3.23. The number of hydrogen-bond acceptors (Lipinski definition) is 2. The molecule has 1 aromatic carbocycles. The summed E-state index contributed by atoms with van der Waals surface area (Å²) in [5.74, 6) is 0. The van der Waals surface area contributed by atoms with E-state index in [9.17, 15) is 0 Å². The monoisotopic (exact) mass is 348 g/mol. The van der Waals surface area contributed by atoms with E-state index >= 15 is 0 Å². The lowest BCUT2D eigenvalue weighted by Gasteiger charge is -2.03. The number of aromatic nitrogens is 2. The van der Waals surface area contributed by atoms with Crippen LogP contribution in [0, 0.1) is 8.34 Å². The lowest BCUT2D eigenvalue weighted by Crippen LogP contribution is -2.01. The molecule has 0 unspecified atom stereocenters. The lowest BCUT2D eigenvalue weighted by molar-refractivity contribution is 0.190. The molecular formula is C11H13IN2OS. The van der Waals surface area contributed by atoms with Crippen LogP contribution >= 0.6 is 34.8 Å². The van der Waals surface area contributed by atoms with Crippen molar-refractivity contribution < 1.29 is 4.74 Å². The lowest BCUT2D eigenvalue weighted by atomic mass is 10.3. The summed E-state index contributed by atoms with van der Waals surface area (Å²) >= 11 is 7.61. The fourth-order valence-electron chi connectivity index (χ4n) is 1.72. The molecule has 0 aliphatic rings. The zero-order valence-electron chi connectivity index (χ0n) is 9.00. The van der Waals surface area contributed by atoms with Crippen LogP contribution in [0.5, 0.6) is 0 Å². The van der Waals surface area contributed by atoms with E-state index in [4.69, 9.17) is 17.0 Å². The molecule has 3 nitrogen and oxygen atoms in total. The van der Waals surface area contributed by atoms with Crippen LogP contribution < -0.4 is 0 Å². The Morgan fingerprint density at radius 3 is 3.06 bits per heavy atom. The molecule has 86 valence electrons. The first-order valence-electron chi connectivity index (χ1n) is 5.09. The Bertz CT molecular complexity index is 546. The molecule has 2 rings (SSSR count). The van der Waals surface area contributed by atoms with Gasteiger partial charge in [-0.2, -0.15) is 0 Å². The highest BCUT2D eigenvalue weighted by molar-refractivity contribution is 14.1. The molecule has 0 saturated carbocycles. The molecule has 1 heterocycles. The third-order valence-corrected chi connectivity index (χ3v) is 3.46. The largest absolute Gasteiger partial charge is 0.385 e. The number of fused-ring (bicyclic) bond motifs is 1. The number of hydrogen-bond donors (Lipinski definition) is 1. The first-order valence-corrected chi connectivity index (χ1v) is 6.58. The minimum absolute atomic E-state index is 0.763. The second-order valence-corrected chi connectivity index (χ2v) is 5.22. The molecule has 5 heteroatoms. The van der Waals surface area contributed by atoms with Crippen molar-refractivity contribution in [1.82, 2.24) is 9.55 Å². The quantitative estimate of drug-likeness (QED) is 0.522. The van der Waals surface area contributed by atoms with Crippen molar-refractivity contribution in [2.24, 2.45) is 0 Å². The van der Waals surface area contributed by atoms with Gasteiger partial charge in [-0.3, -0.25) is 0 Å². The van der Waals surface area contributed by atoms with E-state index in [1.165, 1.54) is 9.09 Å². The topological polar surface area (TPSA) is 29.9 Å². The Morgan fingerprint density at radius 2 is 2.31 bits per heavy atom. The number of rotatable bonds is 4. The smallest absolute Gasteiger partial charge is 0.178 e. The molecule has 0 aliphatic carbocycles. The van der Waals surface area contributed by atoms with Gasteiger partial charge in [-0.25, -0.2) is 0 Å². The van der Waals surface area contributed by atoms with Gasteiger partial charge in [-0.15, -0.1) is 0 Å². The Balaban J connectivity index is 2.36. The van der Waals surface area contributed by atoms with Gasteiger partial charge in [0.25, 0.3) is 0 Å². The van der Waals surface area contributed by atoms with Gasteiger partial charge >= 0.3 is 0 Å². The van der Waals surface area contributed by atoms with Gasteiger partial charge in [0.2, 0.25) is 0 Å². The molecule has 0 amide bonds. The standard InChI is InChI=1S/C11H13IN2OS/c1-15-6-2-5-14-10-4-3-8(12)7-9(10)13-11(14)16/h3-4,7H,2,5-6H2,1H3,(H,13,16). The summed E-state index contributed by atoms with van der Waals surface area (Å²) in [6.45, 7) is 1.66. The van der Waals surface area contributed by atoms with Crippen molar-refractivity contribution in [3.8, 4) is 0 Å². The Morgan fingerprint density at radius 1 is 1.50 bits per heavy atom. The molecule has 16 heavy (non-hydrogen) atoms. The van der Waals surface area contributed by atoms with Crippen LogP contribution in [0.2, 0.25) is 0 Å². The van der Waals surface area contributed by atoms with E-state index in [1.54, 1.807) is 7.11 Å². The van der Waals surface area contributed by atoms with Crippen LogP contribution in [-0.4, -0.2) is 23.3 Å². The van der Waals surface area contributed by atoms with E-state index in [-0.39, 0.29) is 0 Å². The van der Waals surface area contributed by atoms with Gasteiger partial charge in [0.15, 0.2) is 4.77 Å². The highest BCUT2D eigenvalue weighted by Gasteiger charge is 2.03. The molecule has 0 fully saturated rings. The van der Waals surface area contributed by atoms with Crippen molar-refractivity contribution in [2.45, 2.75) is 13.0 Å². The second-order valence-electron chi connectivity index (χ2n) is 3.59. The van der Waals surface area contributed by atoms with Crippen molar-refractivity contribution in [2.75, 3.05) is 13.7 Å². The first-order chi connectivity index (χ1) is 7.72. The third kappa shape index (κ3) is 2.46. The fourth-order valence-corrected chi connectivity index (χ4v) is 2.52. The number of H-pyrrole nitrogens is 1.